The minimum Gasteiger partial charge on any atom is -0.383 e. The zero-order chi connectivity index (χ0) is 8.97. The fourth-order valence-electron chi connectivity index (χ4n) is 0.640. The van der Waals surface area contributed by atoms with Crippen molar-refractivity contribution < 1.29 is 0 Å². The summed E-state index contributed by atoms with van der Waals surface area (Å²) < 4.78 is 0. The molecule has 0 saturated carbocycles. The van der Waals surface area contributed by atoms with Gasteiger partial charge in [-0.15, -0.1) is 18.3 Å². The fourth-order valence-corrected chi connectivity index (χ4v) is 1.60. The topological polar surface area (TPSA) is 51.8 Å². The zero-order valence-electron chi connectivity index (χ0n) is 6.33. The molecule has 1 rings (SSSR count). The second kappa shape index (κ2) is 4.33. The summed E-state index contributed by atoms with van der Waals surface area (Å²) in [4.78, 5) is 8.35. The molecule has 0 aromatic carbocycles. The first-order valence-corrected chi connectivity index (χ1v) is 4.61. The quantitative estimate of drug-likeness (QED) is 0.462. The maximum Gasteiger partial charge on any atom is 0.148 e. The molecular weight excluding hydrogens is 194 g/mol. The summed E-state index contributed by atoms with van der Waals surface area (Å²) >= 11 is 7.25. The number of nitrogens with two attached hydrogens (primary N) is 1. The Bertz CT molecular complexity index is 270. The summed E-state index contributed by atoms with van der Waals surface area (Å²) in [5, 5.41) is 0.398. The Balaban J connectivity index is 2.88. The van der Waals surface area contributed by atoms with Crippen LogP contribution < -0.4 is 5.73 Å². The molecular formula is C7H8ClN3S. The summed E-state index contributed by atoms with van der Waals surface area (Å²) in [6.45, 7) is 3.59. The number of nitrogens with zero attached hydrogens (tertiary/aromatic N) is 2. The van der Waals surface area contributed by atoms with Gasteiger partial charge in [0.25, 0.3) is 0 Å². The molecule has 0 aliphatic heterocycles. The zero-order valence-corrected chi connectivity index (χ0v) is 7.90. The van der Waals surface area contributed by atoms with E-state index in [9.17, 15) is 0 Å². The van der Waals surface area contributed by atoms with Gasteiger partial charge in [0.2, 0.25) is 0 Å². The van der Waals surface area contributed by atoms with E-state index in [0.29, 0.717) is 11.0 Å². The maximum absolute atomic E-state index is 5.78. The van der Waals surface area contributed by atoms with Crippen molar-refractivity contribution in [1.29, 1.82) is 0 Å². The van der Waals surface area contributed by atoms with Crippen molar-refractivity contribution in [3.63, 3.8) is 0 Å². The molecule has 0 aliphatic carbocycles. The normalized spacial score (nSPS) is 9.75. The van der Waals surface area contributed by atoms with Crippen LogP contribution in [0.25, 0.3) is 0 Å². The van der Waals surface area contributed by atoms with Gasteiger partial charge >= 0.3 is 0 Å². The molecule has 1 aromatic heterocycles. The van der Waals surface area contributed by atoms with Crippen LogP contribution in [0.2, 0.25) is 5.15 Å². The first-order chi connectivity index (χ1) is 5.75. The van der Waals surface area contributed by atoms with Crippen LogP contribution in [0.5, 0.6) is 0 Å². The standard InChI is InChI=1S/C7H8ClN3S/c1-2-3-12-5-6(8)10-4-11-7(5)9/h2,4H,1,3H2,(H2,9,10,11). The van der Waals surface area contributed by atoms with Crippen molar-refractivity contribution in [2.24, 2.45) is 0 Å². The average Bonchev–Trinajstić information content (AvgIpc) is 2.04. The lowest BCUT2D eigenvalue weighted by molar-refractivity contribution is 1.11. The molecule has 0 radical (unpaired) electrons. The van der Waals surface area contributed by atoms with Crippen LogP contribution >= 0.6 is 23.4 Å². The number of thioether (sulfide) groups is 1. The second-order valence-electron chi connectivity index (χ2n) is 1.98. The van der Waals surface area contributed by atoms with E-state index in [-0.39, 0.29) is 0 Å². The molecule has 0 unspecified atom stereocenters. The molecule has 1 heterocycles. The van der Waals surface area contributed by atoms with Gasteiger partial charge in [-0.3, -0.25) is 0 Å². The number of hydrogen-bond acceptors (Lipinski definition) is 4. The van der Waals surface area contributed by atoms with Crippen LogP contribution in [0.15, 0.2) is 23.9 Å². The van der Waals surface area contributed by atoms with Crippen LogP contribution in [0.3, 0.4) is 0 Å². The van der Waals surface area contributed by atoms with Gasteiger partial charge in [-0.05, 0) is 0 Å². The molecule has 2 N–H and O–H groups in total. The van der Waals surface area contributed by atoms with Gasteiger partial charge in [-0.2, -0.15) is 0 Å². The number of aromatic nitrogens is 2. The van der Waals surface area contributed by atoms with Crippen molar-refractivity contribution in [2.45, 2.75) is 4.90 Å². The van der Waals surface area contributed by atoms with E-state index in [2.05, 4.69) is 16.5 Å². The van der Waals surface area contributed by atoms with Crippen molar-refractivity contribution >= 4 is 29.2 Å². The fraction of sp³-hybridized carbons (Fsp3) is 0.143. The maximum atomic E-state index is 5.78. The SMILES string of the molecule is C=CCSc1c(N)ncnc1Cl. The molecule has 64 valence electrons. The van der Waals surface area contributed by atoms with E-state index in [1.54, 1.807) is 6.08 Å². The van der Waals surface area contributed by atoms with Crippen molar-refractivity contribution in [2.75, 3.05) is 11.5 Å². The Kier molecular flexibility index (Phi) is 3.37. The van der Waals surface area contributed by atoms with Gasteiger partial charge in [0, 0.05) is 5.75 Å². The van der Waals surface area contributed by atoms with Crippen LogP contribution in [0.1, 0.15) is 0 Å². The highest BCUT2D eigenvalue weighted by molar-refractivity contribution is 7.99. The lowest BCUT2D eigenvalue weighted by Gasteiger charge is -2.02. The number of halogens is 1. The Morgan fingerprint density at radius 1 is 1.67 bits per heavy atom. The van der Waals surface area contributed by atoms with Crippen molar-refractivity contribution in [3.8, 4) is 0 Å². The predicted molar refractivity (Wildman–Crippen MR) is 52.4 cm³/mol. The summed E-state index contributed by atoms with van der Waals surface area (Å²) in [5.74, 6) is 1.17. The smallest absolute Gasteiger partial charge is 0.148 e. The summed E-state index contributed by atoms with van der Waals surface area (Å²) in [7, 11) is 0. The first kappa shape index (κ1) is 9.35. The van der Waals surface area contributed by atoms with Gasteiger partial charge in [0.1, 0.15) is 17.3 Å². The molecule has 3 nitrogen and oxygen atoms in total. The summed E-state index contributed by atoms with van der Waals surface area (Å²) in [6, 6.07) is 0. The van der Waals surface area contributed by atoms with E-state index in [1.807, 2.05) is 0 Å². The van der Waals surface area contributed by atoms with Gasteiger partial charge < -0.3 is 5.73 Å². The minimum absolute atomic E-state index is 0.398. The lowest BCUT2D eigenvalue weighted by atomic mass is 10.6. The van der Waals surface area contributed by atoms with Crippen LogP contribution in [-0.4, -0.2) is 15.7 Å². The second-order valence-corrected chi connectivity index (χ2v) is 3.37. The van der Waals surface area contributed by atoms with Gasteiger partial charge in [0.05, 0.1) is 4.90 Å². The molecule has 0 aliphatic rings. The predicted octanol–water partition coefficient (Wildman–Crippen LogP) is 1.99. The van der Waals surface area contributed by atoms with E-state index in [0.717, 1.165) is 10.6 Å². The number of rotatable bonds is 3. The van der Waals surface area contributed by atoms with Crippen molar-refractivity contribution in [1.82, 2.24) is 9.97 Å². The Morgan fingerprint density at radius 2 is 2.42 bits per heavy atom. The number of anilines is 1. The summed E-state index contributed by atoms with van der Waals surface area (Å²) in [5.41, 5.74) is 5.57. The van der Waals surface area contributed by atoms with Gasteiger partial charge in [0.15, 0.2) is 0 Å². The molecule has 12 heavy (non-hydrogen) atoms. The Hall–Kier alpha value is -0.740. The molecule has 5 heteroatoms. The lowest BCUT2D eigenvalue weighted by Crippen LogP contribution is -1.95. The number of hydrogen-bond donors (Lipinski definition) is 1. The molecule has 0 fully saturated rings. The van der Waals surface area contributed by atoms with E-state index in [1.165, 1.54) is 18.1 Å². The number of nitrogen functional groups attached to an aromatic ring is 1. The monoisotopic (exact) mass is 201 g/mol. The Labute approximate surface area is 80.0 Å². The highest BCUT2D eigenvalue weighted by atomic mass is 35.5. The van der Waals surface area contributed by atoms with Crippen LogP contribution in [0.4, 0.5) is 5.82 Å². The minimum atomic E-state index is 0.398. The highest BCUT2D eigenvalue weighted by Gasteiger charge is 2.05. The van der Waals surface area contributed by atoms with E-state index < -0.39 is 0 Å². The van der Waals surface area contributed by atoms with E-state index in [4.69, 9.17) is 17.3 Å². The Morgan fingerprint density at radius 3 is 3.00 bits per heavy atom. The third-order valence-electron chi connectivity index (χ3n) is 1.13. The third-order valence-corrected chi connectivity index (χ3v) is 2.63. The molecule has 0 spiro atoms. The first-order valence-electron chi connectivity index (χ1n) is 3.25. The van der Waals surface area contributed by atoms with Gasteiger partial charge in [-0.1, -0.05) is 17.7 Å². The molecule has 0 amide bonds. The van der Waals surface area contributed by atoms with Crippen LogP contribution in [0, 0.1) is 0 Å². The third kappa shape index (κ3) is 2.12. The van der Waals surface area contributed by atoms with Gasteiger partial charge in [-0.25, -0.2) is 9.97 Å². The molecule has 0 bridgehead atoms. The average molecular weight is 202 g/mol. The molecule has 0 atom stereocenters. The largest absolute Gasteiger partial charge is 0.383 e. The highest BCUT2D eigenvalue weighted by Crippen LogP contribution is 2.28. The van der Waals surface area contributed by atoms with Crippen LogP contribution in [-0.2, 0) is 0 Å². The summed E-state index contributed by atoms with van der Waals surface area (Å²) in [6.07, 6.45) is 3.11. The molecule has 1 aromatic rings. The van der Waals surface area contributed by atoms with Crippen molar-refractivity contribution in [3.05, 3.63) is 24.1 Å². The van der Waals surface area contributed by atoms with E-state index >= 15 is 0 Å². The molecule has 0 saturated heterocycles.